The highest BCUT2D eigenvalue weighted by Crippen LogP contribution is 2.68. The largest absolute Gasteiger partial charge is 0.396 e. The quantitative estimate of drug-likeness (QED) is 0.451. The molecule has 2 N–H and O–H groups in total. The van der Waals surface area contributed by atoms with Crippen molar-refractivity contribution in [3.8, 4) is 0 Å². The van der Waals surface area contributed by atoms with Gasteiger partial charge in [-0.15, -0.1) is 0 Å². The van der Waals surface area contributed by atoms with Crippen molar-refractivity contribution < 1.29 is 10.2 Å². The maximum absolute atomic E-state index is 11.4. The monoisotopic (exact) mass is 432 g/mol. The number of hydrogen-bond donors (Lipinski definition) is 2. The number of aliphatic hydroxyl groups is 2. The van der Waals surface area contributed by atoms with Crippen molar-refractivity contribution in [3.05, 3.63) is 0 Å². The van der Waals surface area contributed by atoms with Gasteiger partial charge in [-0.25, -0.2) is 0 Å². The minimum atomic E-state index is -0.0465. The van der Waals surface area contributed by atoms with Crippen LogP contribution in [-0.2, 0) is 0 Å². The third-order valence-electron chi connectivity index (χ3n) is 11.8. The summed E-state index contributed by atoms with van der Waals surface area (Å²) in [5, 5.41) is 20.9. The lowest BCUT2D eigenvalue weighted by atomic mass is 9.44. The molecular formula is C29H52O2. The fourth-order valence-electron chi connectivity index (χ4n) is 9.89. The second-order valence-corrected chi connectivity index (χ2v) is 13.3. The zero-order valence-electron chi connectivity index (χ0n) is 21.3. The third-order valence-corrected chi connectivity index (χ3v) is 11.8. The van der Waals surface area contributed by atoms with Crippen LogP contribution in [0.1, 0.15) is 112 Å². The molecule has 2 heteroatoms. The topological polar surface area (TPSA) is 40.5 Å². The van der Waals surface area contributed by atoms with Crippen LogP contribution >= 0.6 is 0 Å². The van der Waals surface area contributed by atoms with Crippen LogP contribution in [0.15, 0.2) is 0 Å². The van der Waals surface area contributed by atoms with Crippen LogP contribution in [0.2, 0.25) is 0 Å². The van der Waals surface area contributed by atoms with Gasteiger partial charge in [-0.1, -0.05) is 53.9 Å². The van der Waals surface area contributed by atoms with Crippen LogP contribution in [0, 0.1) is 58.2 Å². The van der Waals surface area contributed by atoms with Crippen molar-refractivity contribution in [2.45, 2.75) is 118 Å². The number of aliphatic hydroxyl groups excluding tert-OH is 2. The molecule has 0 amide bonds. The third kappa shape index (κ3) is 4.16. The van der Waals surface area contributed by atoms with E-state index in [9.17, 15) is 10.2 Å². The minimum Gasteiger partial charge on any atom is -0.396 e. The molecule has 0 bridgehead atoms. The minimum absolute atomic E-state index is 0.0465. The molecule has 0 saturated heterocycles. The fraction of sp³-hybridized carbons (Fsp3) is 1.00. The van der Waals surface area contributed by atoms with Crippen LogP contribution in [0.3, 0.4) is 0 Å². The molecule has 4 rings (SSSR count). The second kappa shape index (κ2) is 9.28. The van der Waals surface area contributed by atoms with E-state index in [0.29, 0.717) is 35.2 Å². The highest BCUT2D eigenvalue weighted by molar-refractivity contribution is 5.11. The molecule has 0 aliphatic heterocycles. The van der Waals surface area contributed by atoms with Gasteiger partial charge in [0, 0.05) is 6.61 Å². The molecule has 180 valence electrons. The molecular weight excluding hydrogens is 380 g/mol. The Bertz CT molecular complexity index is 602. The summed E-state index contributed by atoms with van der Waals surface area (Å²) in [4.78, 5) is 0. The van der Waals surface area contributed by atoms with Gasteiger partial charge in [-0.05, 0) is 116 Å². The number of hydrogen-bond acceptors (Lipinski definition) is 2. The van der Waals surface area contributed by atoms with Gasteiger partial charge in [0.15, 0.2) is 0 Å². The van der Waals surface area contributed by atoms with Crippen molar-refractivity contribution >= 4 is 0 Å². The number of fused-ring (bicyclic) bond motifs is 5. The standard InChI is InChI=1S/C29H52O2/c1-19(2)21(14-17-30)10-9-20(3)23-11-12-24-27-25(13-16-29(23,24)5)28(4)15-7-6-8-22(28)18-26(27)31/h19-27,30-31H,6-18H2,1-5H3/t20-,21+,22?,23-,24+,25+,26?,27+,28+,29-/m1/s1. The molecule has 2 nitrogen and oxygen atoms in total. The average molecular weight is 433 g/mol. The van der Waals surface area contributed by atoms with Crippen LogP contribution in [0.5, 0.6) is 0 Å². The van der Waals surface area contributed by atoms with E-state index >= 15 is 0 Å². The molecule has 4 fully saturated rings. The zero-order valence-corrected chi connectivity index (χ0v) is 21.3. The maximum Gasteiger partial charge on any atom is 0.0577 e. The fourth-order valence-corrected chi connectivity index (χ4v) is 9.89. The Morgan fingerprint density at radius 1 is 0.839 bits per heavy atom. The molecule has 10 atom stereocenters. The summed E-state index contributed by atoms with van der Waals surface area (Å²) in [7, 11) is 0. The van der Waals surface area contributed by atoms with Crippen molar-refractivity contribution in [1.82, 2.24) is 0 Å². The van der Waals surface area contributed by atoms with Crippen molar-refractivity contribution in [1.29, 1.82) is 0 Å². The SMILES string of the molecule is CC(C)[C@H](CCO)CC[C@@H](C)[C@H]1CC[C@H]2[C@@H]3C(O)CC4CCCC[C@]4(C)[C@H]3CC[C@]12C. The van der Waals surface area contributed by atoms with E-state index in [2.05, 4.69) is 34.6 Å². The molecule has 2 unspecified atom stereocenters. The van der Waals surface area contributed by atoms with Crippen LogP contribution in [-0.4, -0.2) is 22.9 Å². The first kappa shape index (κ1) is 24.1. The summed E-state index contributed by atoms with van der Waals surface area (Å²) in [6.07, 6.45) is 15.7. The predicted molar refractivity (Wildman–Crippen MR) is 130 cm³/mol. The van der Waals surface area contributed by atoms with Gasteiger partial charge in [0.25, 0.3) is 0 Å². The van der Waals surface area contributed by atoms with E-state index < -0.39 is 0 Å². The summed E-state index contributed by atoms with van der Waals surface area (Å²) < 4.78 is 0. The lowest BCUT2D eigenvalue weighted by Crippen LogP contribution is -2.57. The van der Waals surface area contributed by atoms with Gasteiger partial charge in [0.05, 0.1) is 6.10 Å². The summed E-state index contributed by atoms with van der Waals surface area (Å²) in [5.41, 5.74) is 0.936. The molecule has 4 aliphatic rings. The first-order chi connectivity index (χ1) is 14.7. The van der Waals surface area contributed by atoms with Gasteiger partial charge in [0.1, 0.15) is 0 Å². The Hall–Kier alpha value is -0.0800. The van der Waals surface area contributed by atoms with E-state index in [0.717, 1.165) is 42.4 Å². The first-order valence-electron chi connectivity index (χ1n) is 14.0. The molecule has 31 heavy (non-hydrogen) atoms. The van der Waals surface area contributed by atoms with E-state index in [1.165, 1.54) is 64.2 Å². The van der Waals surface area contributed by atoms with Gasteiger partial charge < -0.3 is 10.2 Å². The summed E-state index contributed by atoms with van der Waals surface area (Å²) in [6.45, 7) is 12.7. The lowest BCUT2D eigenvalue weighted by molar-refractivity contribution is -0.164. The zero-order chi connectivity index (χ0) is 22.4. The molecule has 0 spiro atoms. The smallest absolute Gasteiger partial charge is 0.0577 e. The Morgan fingerprint density at radius 2 is 1.58 bits per heavy atom. The normalized spacial score (nSPS) is 46.8. The molecule has 4 aliphatic carbocycles. The van der Waals surface area contributed by atoms with Crippen molar-refractivity contribution in [2.75, 3.05) is 6.61 Å². The second-order valence-electron chi connectivity index (χ2n) is 13.3. The Balaban J connectivity index is 1.47. The molecule has 4 saturated carbocycles. The van der Waals surface area contributed by atoms with Crippen LogP contribution in [0.4, 0.5) is 0 Å². The van der Waals surface area contributed by atoms with Gasteiger partial charge >= 0.3 is 0 Å². The maximum atomic E-state index is 11.4. The van der Waals surface area contributed by atoms with Gasteiger partial charge in [0.2, 0.25) is 0 Å². The highest BCUT2D eigenvalue weighted by Gasteiger charge is 2.62. The van der Waals surface area contributed by atoms with Gasteiger partial charge in [-0.3, -0.25) is 0 Å². The predicted octanol–water partition coefficient (Wildman–Crippen LogP) is 7.08. The first-order valence-corrected chi connectivity index (χ1v) is 14.0. The number of rotatable bonds is 7. The van der Waals surface area contributed by atoms with E-state index in [4.69, 9.17) is 0 Å². The summed E-state index contributed by atoms with van der Waals surface area (Å²) in [6, 6.07) is 0. The Morgan fingerprint density at radius 3 is 2.29 bits per heavy atom. The Kier molecular flexibility index (Phi) is 7.20. The van der Waals surface area contributed by atoms with E-state index in [1.807, 2.05) is 0 Å². The summed E-state index contributed by atoms with van der Waals surface area (Å²) >= 11 is 0. The Labute approximate surface area is 193 Å². The van der Waals surface area contributed by atoms with Gasteiger partial charge in [-0.2, -0.15) is 0 Å². The van der Waals surface area contributed by atoms with Crippen LogP contribution in [0.25, 0.3) is 0 Å². The van der Waals surface area contributed by atoms with Crippen molar-refractivity contribution in [3.63, 3.8) is 0 Å². The summed E-state index contributed by atoms with van der Waals surface area (Å²) in [5.74, 6) is 5.77. The lowest BCUT2D eigenvalue weighted by Gasteiger charge is -2.62. The van der Waals surface area contributed by atoms with Crippen molar-refractivity contribution in [2.24, 2.45) is 58.2 Å². The molecule has 0 aromatic carbocycles. The average Bonchev–Trinajstić information content (AvgIpc) is 3.08. The molecule has 0 heterocycles. The van der Waals surface area contributed by atoms with Crippen LogP contribution < -0.4 is 0 Å². The van der Waals surface area contributed by atoms with E-state index in [1.54, 1.807) is 0 Å². The molecule has 0 aromatic heterocycles. The highest BCUT2D eigenvalue weighted by atomic mass is 16.3. The molecule has 0 aromatic rings. The van der Waals surface area contributed by atoms with E-state index in [-0.39, 0.29) is 6.10 Å². The molecule has 0 radical (unpaired) electrons.